The lowest BCUT2D eigenvalue weighted by atomic mass is 9.93. The molecule has 0 spiro atoms. The van der Waals surface area contributed by atoms with Crippen molar-refractivity contribution in [3.05, 3.63) is 0 Å². The Hall–Kier alpha value is -0.120. The van der Waals surface area contributed by atoms with Gasteiger partial charge in [-0.05, 0) is 32.2 Å². The van der Waals surface area contributed by atoms with E-state index in [9.17, 15) is 5.11 Å². The molecule has 1 rings (SSSR count). The van der Waals surface area contributed by atoms with Crippen molar-refractivity contribution in [1.29, 1.82) is 0 Å². The van der Waals surface area contributed by atoms with E-state index in [1.807, 2.05) is 6.92 Å². The largest absolute Gasteiger partial charge is 0.393 e. The molecule has 0 amide bonds. The number of piperidine rings is 1. The van der Waals surface area contributed by atoms with Crippen LogP contribution in [0.4, 0.5) is 0 Å². The molecule has 1 fully saturated rings. The standard InChI is InChI=1S/C9H20N2O/c1-8(12)9-3-2-5-11(7-9)6-4-10/h8-9,12H,2-7,10H2,1H3/t8-,9-/m0/s1. The fraction of sp³-hybridized carbons (Fsp3) is 1.00. The zero-order chi connectivity index (χ0) is 8.97. The number of nitrogens with zero attached hydrogens (tertiary/aromatic N) is 1. The van der Waals surface area contributed by atoms with Gasteiger partial charge in [-0.1, -0.05) is 0 Å². The molecule has 1 saturated heterocycles. The lowest BCUT2D eigenvalue weighted by molar-refractivity contribution is 0.0642. The lowest BCUT2D eigenvalue weighted by Gasteiger charge is -2.33. The van der Waals surface area contributed by atoms with Gasteiger partial charge in [0, 0.05) is 19.6 Å². The monoisotopic (exact) mass is 172 g/mol. The molecule has 12 heavy (non-hydrogen) atoms. The predicted molar refractivity (Wildman–Crippen MR) is 49.9 cm³/mol. The van der Waals surface area contributed by atoms with Gasteiger partial charge < -0.3 is 15.7 Å². The average Bonchev–Trinajstić information content (AvgIpc) is 2.05. The third-order valence-corrected chi connectivity index (χ3v) is 2.67. The molecule has 0 bridgehead atoms. The van der Waals surface area contributed by atoms with Crippen molar-refractivity contribution in [2.45, 2.75) is 25.9 Å². The van der Waals surface area contributed by atoms with E-state index in [4.69, 9.17) is 5.73 Å². The van der Waals surface area contributed by atoms with Crippen LogP contribution in [-0.2, 0) is 0 Å². The highest BCUT2D eigenvalue weighted by Gasteiger charge is 2.22. The lowest BCUT2D eigenvalue weighted by Crippen LogP contribution is -2.41. The summed E-state index contributed by atoms with van der Waals surface area (Å²) in [4.78, 5) is 2.35. The van der Waals surface area contributed by atoms with E-state index < -0.39 is 0 Å². The number of hydrogen-bond donors (Lipinski definition) is 2. The molecule has 0 radical (unpaired) electrons. The number of likely N-dealkylation sites (tertiary alicyclic amines) is 1. The Labute approximate surface area is 74.5 Å². The van der Waals surface area contributed by atoms with Crippen LogP contribution in [0.3, 0.4) is 0 Å². The average molecular weight is 172 g/mol. The molecule has 2 atom stereocenters. The van der Waals surface area contributed by atoms with Gasteiger partial charge in [0.05, 0.1) is 6.10 Å². The van der Waals surface area contributed by atoms with Crippen LogP contribution < -0.4 is 5.73 Å². The van der Waals surface area contributed by atoms with Crippen molar-refractivity contribution in [3.63, 3.8) is 0 Å². The summed E-state index contributed by atoms with van der Waals surface area (Å²) < 4.78 is 0. The molecular weight excluding hydrogens is 152 g/mol. The first kappa shape index (κ1) is 9.96. The second-order valence-corrected chi connectivity index (χ2v) is 3.73. The molecule has 0 aliphatic carbocycles. The Bertz CT molecular complexity index is 126. The van der Waals surface area contributed by atoms with Gasteiger partial charge in [-0.25, -0.2) is 0 Å². The molecule has 3 heteroatoms. The van der Waals surface area contributed by atoms with E-state index in [1.54, 1.807) is 0 Å². The molecule has 1 heterocycles. The second kappa shape index (κ2) is 4.80. The molecule has 0 aromatic carbocycles. The minimum Gasteiger partial charge on any atom is -0.393 e. The maximum absolute atomic E-state index is 9.41. The van der Waals surface area contributed by atoms with Gasteiger partial charge in [0.1, 0.15) is 0 Å². The highest BCUT2D eigenvalue weighted by Crippen LogP contribution is 2.18. The number of rotatable bonds is 3. The first-order valence-corrected chi connectivity index (χ1v) is 4.84. The summed E-state index contributed by atoms with van der Waals surface area (Å²) in [5.74, 6) is 0.463. The molecule has 0 aromatic heterocycles. The summed E-state index contributed by atoms with van der Waals surface area (Å²) >= 11 is 0. The van der Waals surface area contributed by atoms with E-state index in [0.29, 0.717) is 5.92 Å². The van der Waals surface area contributed by atoms with Crippen LogP contribution in [0.5, 0.6) is 0 Å². The van der Waals surface area contributed by atoms with Gasteiger partial charge in [-0.3, -0.25) is 0 Å². The summed E-state index contributed by atoms with van der Waals surface area (Å²) in [7, 11) is 0. The molecule has 0 unspecified atom stereocenters. The topological polar surface area (TPSA) is 49.5 Å². The van der Waals surface area contributed by atoms with Gasteiger partial charge in [0.25, 0.3) is 0 Å². The summed E-state index contributed by atoms with van der Waals surface area (Å²) in [6, 6.07) is 0. The number of aliphatic hydroxyl groups excluding tert-OH is 1. The third kappa shape index (κ3) is 2.73. The molecule has 1 aliphatic rings. The number of nitrogens with two attached hydrogens (primary N) is 1. The van der Waals surface area contributed by atoms with E-state index in [0.717, 1.165) is 26.2 Å². The molecule has 3 nitrogen and oxygen atoms in total. The Morgan fingerprint density at radius 2 is 2.42 bits per heavy atom. The van der Waals surface area contributed by atoms with Crippen LogP contribution in [0.25, 0.3) is 0 Å². The SMILES string of the molecule is C[C@H](O)[C@H]1CCCN(CCN)C1. The smallest absolute Gasteiger partial charge is 0.0552 e. The number of aliphatic hydroxyl groups is 1. The zero-order valence-corrected chi connectivity index (χ0v) is 7.87. The number of hydrogen-bond acceptors (Lipinski definition) is 3. The normalized spacial score (nSPS) is 28.8. The van der Waals surface area contributed by atoms with Crippen molar-refractivity contribution >= 4 is 0 Å². The summed E-state index contributed by atoms with van der Waals surface area (Å²) in [5, 5.41) is 9.41. The summed E-state index contributed by atoms with van der Waals surface area (Å²) in [6.45, 7) is 5.77. The highest BCUT2D eigenvalue weighted by atomic mass is 16.3. The fourth-order valence-corrected chi connectivity index (χ4v) is 1.87. The molecule has 72 valence electrons. The van der Waals surface area contributed by atoms with Gasteiger partial charge in [-0.15, -0.1) is 0 Å². The Morgan fingerprint density at radius 1 is 1.67 bits per heavy atom. The Kier molecular flexibility index (Phi) is 3.98. The van der Waals surface area contributed by atoms with Crippen LogP contribution in [0.2, 0.25) is 0 Å². The first-order chi connectivity index (χ1) is 5.74. The van der Waals surface area contributed by atoms with Crippen molar-refractivity contribution in [2.75, 3.05) is 26.2 Å². The van der Waals surface area contributed by atoms with Crippen LogP contribution in [0.15, 0.2) is 0 Å². The molecule has 3 N–H and O–H groups in total. The van der Waals surface area contributed by atoms with Crippen LogP contribution in [0, 0.1) is 5.92 Å². The molecule has 0 aromatic rings. The maximum Gasteiger partial charge on any atom is 0.0552 e. The second-order valence-electron chi connectivity index (χ2n) is 3.73. The van der Waals surface area contributed by atoms with Crippen molar-refractivity contribution < 1.29 is 5.11 Å². The Balaban J connectivity index is 2.30. The summed E-state index contributed by atoms with van der Waals surface area (Å²) in [5.41, 5.74) is 5.48. The van der Waals surface area contributed by atoms with E-state index >= 15 is 0 Å². The van der Waals surface area contributed by atoms with Gasteiger partial charge in [0.15, 0.2) is 0 Å². The summed E-state index contributed by atoms with van der Waals surface area (Å²) in [6.07, 6.45) is 2.21. The van der Waals surface area contributed by atoms with E-state index in [2.05, 4.69) is 4.90 Å². The predicted octanol–water partition coefficient (Wildman–Crippen LogP) is 0.0379. The maximum atomic E-state index is 9.41. The van der Waals surface area contributed by atoms with Crippen molar-refractivity contribution in [3.8, 4) is 0 Å². The van der Waals surface area contributed by atoms with Gasteiger partial charge in [-0.2, -0.15) is 0 Å². The minimum atomic E-state index is -0.162. The quantitative estimate of drug-likeness (QED) is 0.632. The van der Waals surface area contributed by atoms with E-state index in [1.165, 1.54) is 12.8 Å². The highest BCUT2D eigenvalue weighted by molar-refractivity contribution is 4.76. The fourth-order valence-electron chi connectivity index (χ4n) is 1.87. The van der Waals surface area contributed by atoms with Crippen LogP contribution in [-0.4, -0.2) is 42.3 Å². The van der Waals surface area contributed by atoms with Crippen LogP contribution in [0.1, 0.15) is 19.8 Å². The van der Waals surface area contributed by atoms with Crippen molar-refractivity contribution in [1.82, 2.24) is 4.90 Å². The molecule has 0 saturated carbocycles. The molecule has 1 aliphatic heterocycles. The Morgan fingerprint density at radius 3 is 3.00 bits per heavy atom. The zero-order valence-electron chi connectivity index (χ0n) is 7.87. The van der Waals surface area contributed by atoms with E-state index in [-0.39, 0.29) is 6.10 Å². The van der Waals surface area contributed by atoms with Gasteiger partial charge in [0.2, 0.25) is 0 Å². The first-order valence-electron chi connectivity index (χ1n) is 4.84. The van der Waals surface area contributed by atoms with Crippen LogP contribution >= 0.6 is 0 Å². The van der Waals surface area contributed by atoms with Crippen molar-refractivity contribution in [2.24, 2.45) is 11.7 Å². The minimum absolute atomic E-state index is 0.162. The van der Waals surface area contributed by atoms with Gasteiger partial charge >= 0.3 is 0 Å². The molecular formula is C9H20N2O. The third-order valence-electron chi connectivity index (χ3n) is 2.67.